The zero-order valence-electron chi connectivity index (χ0n) is 10.9. The minimum atomic E-state index is -0.371. The molecule has 3 rings (SSSR count). The Morgan fingerprint density at radius 1 is 1.28 bits per heavy atom. The highest BCUT2D eigenvalue weighted by atomic mass is 16.5. The third-order valence-electron chi connectivity index (χ3n) is 4.03. The molecule has 2 aliphatic rings. The Balaban J connectivity index is 1.37. The number of likely N-dealkylation sites (tertiary alicyclic amines) is 1. The molecule has 2 fully saturated rings. The summed E-state index contributed by atoms with van der Waals surface area (Å²) in [4.78, 5) is 2.27. The standard InChI is InChI=1S/C15H21NO2/c1-12-2-6-14(7-3-12)18-9-8-16-10-15(17,11-16)13-4-5-13/h2-3,6-7,13,17H,4-5,8-11H2,1H3. The fraction of sp³-hybridized carbons (Fsp3) is 0.600. The molecule has 0 atom stereocenters. The molecule has 0 aromatic heterocycles. The zero-order chi connectivity index (χ0) is 12.6. The van der Waals surface area contributed by atoms with Crippen molar-refractivity contribution in [2.24, 2.45) is 5.92 Å². The average Bonchev–Trinajstić information content (AvgIpc) is 3.13. The molecule has 0 spiro atoms. The third kappa shape index (κ3) is 2.52. The fourth-order valence-corrected chi connectivity index (χ4v) is 2.69. The first-order valence-corrected chi connectivity index (χ1v) is 6.80. The lowest BCUT2D eigenvalue weighted by Gasteiger charge is -2.47. The van der Waals surface area contributed by atoms with Crippen LogP contribution in [0.2, 0.25) is 0 Å². The lowest BCUT2D eigenvalue weighted by molar-refractivity contribution is -0.115. The molecule has 1 saturated carbocycles. The maximum Gasteiger partial charge on any atom is 0.119 e. The van der Waals surface area contributed by atoms with Crippen LogP contribution in [-0.4, -0.2) is 41.8 Å². The van der Waals surface area contributed by atoms with E-state index in [1.54, 1.807) is 0 Å². The molecule has 1 N–H and O–H groups in total. The van der Waals surface area contributed by atoms with E-state index in [1.807, 2.05) is 12.1 Å². The van der Waals surface area contributed by atoms with Crippen LogP contribution >= 0.6 is 0 Å². The molecule has 1 saturated heterocycles. The molecule has 1 aromatic rings. The van der Waals surface area contributed by atoms with Crippen LogP contribution in [0.4, 0.5) is 0 Å². The lowest BCUT2D eigenvalue weighted by atomic mass is 9.89. The van der Waals surface area contributed by atoms with Gasteiger partial charge in [0.1, 0.15) is 12.4 Å². The molecular weight excluding hydrogens is 226 g/mol. The predicted molar refractivity (Wildman–Crippen MR) is 70.8 cm³/mol. The Hall–Kier alpha value is -1.06. The van der Waals surface area contributed by atoms with Gasteiger partial charge in [0.05, 0.1) is 5.60 Å². The molecule has 0 radical (unpaired) electrons. The van der Waals surface area contributed by atoms with Crippen LogP contribution in [0.5, 0.6) is 5.75 Å². The highest BCUT2D eigenvalue weighted by Crippen LogP contribution is 2.44. The number of aliphatic hydroxyl groups is 1. The van der Waals surface area contributed by atoms with Crippen molar-refractivity contribution in [2.75, 3.05) is 26.2 Å². The summed E-state index contributed by atoms with van der Waals surface area (Å²) in [5, 5.41) is 10.2. The number of hydrogen-bond acceptors (Lipinski definition) is 3. The topological polar surface area (TPSA) is 32.7 Å². The molecular formula is C15H21NO2. The van der Waals surface area contributed by atoms with Gasteiger partial charge in [-0.2, -0.15) is 0 Å². The smallest absolute Gasteiger partial charge is 0.119 e. The molecule has 1 heterocycles. The van der Waals surface area contributed by atoms with E-state index in [0.29, 0.717) is 12.5 Å². The van der Waals surface area contributed by atoms with Gasteiger partial charge in [0.15, 0.2) is 0 Å². The molecule has 1 aliphatic heterocycles. The van der Waals surface area contributed by atoms with E-state index in [-0.39, 0.29) is 5.60 Å². The third-order valence-corrected chi connectivity index (χ3v) is 4.03. The Morgan fingerprint density at radius 2 is 1.94 bits per heavy atom. The van der Waals surface area contributed by atoms with E-state index in [4.69, 9.17) is 4.74 Å². The van der Waals surface area contributed by atoms with Crippen molar-refractivity contribution in [1.29, 1.82) is 0 Å². The van der Waals surface area contributed by atoms with E-state index in [2.05, 4.69) is 24.0 Å². The second-order valence-electron chi connectivity index (χ2n) is 5.75. The maximum absolute atomic E-state index is 10.2. The summed E-state index contributed by atoms with van der Waals surface area (Å²) in [6.07, 6.45) is 2.43. The molecule has 0 amide bonds. The fourth-order valence-electron chi connectivity index (χ4n) is 2.69. The van der Waals surface area contributed by atoms with E-state index in [9.17, 15) is 5.11 Å². The first kappa shape index (κ1) is 12.0. The van der Waals surface area contributed by atoms with Crippen LogP contribution in [-0.2, 0) is 0 Å². The van der Waals surface area contributed by atoms with Gasteiger partial charge >= 0.3 is 0 Å². The highest BCUT2D eigenvalue weighted by molar-refractivity contribution is 5.26. The number of nitrogens with zero attached hydrogens (tertiary/aromatic N) is 1. The second-order valence-corrected chi connectivity index (χ2v) is 5.75. The van der Waals surface area contributed by atoms with Gasteiger partial charge in [-0.1, -0.05) is 17.7 Å². The number of rotatable bonds is 5. The molecule has 0 unspecified atom stereocenters. The van der Waals surface area contributed by atoms with Crippen molar-refractivity contribution in [1.82, 2.24) is 4.90 Å². The largest absolute Gasteiger partial charge is 0.492 e. The van der Waals surface area contributed by atoms with Crippen molar-refractivity contribution < 1.29 is 9.84 Å². The molecule has 18 heavy (non-hydrogen) atoms. The number of aryl methyl sites for hydroxylation is 1. The second kappa shape index (κ2) is 4.56. The molecule has 0 bridgehead atoms. The maximum atomic E-state index is 10.2. The minimum absolute atomic E-state index is 0.371. The summed E-state index contributed by atoms with van der Waals surface area (Å²) >= 11 is 0. The number of β-amino-alcohol motifs (C(OH)–C–C–N with tert-alkyl or cyclic N) is 1. The SMILES string of the molecule is Cc1ccc(OCCN2CC(O)(C3CC3)C2)cc1. The average molecular weight is 247 g/mol. The monoisotopic (exact) mass is 247 g/mol. The van der Waals surface area contributed by atoms with Gasteiger partial charge in [0.2, 0.25) is 0 Å². The Labute approximate surface area is 108 Å². The van der Waals surface area contributed by atoms with Crippen LogP contribution in [0.3, 0.4) is 0 Å². The Morgan fingerprint density at radius 3 is 2.56 bits per heavy atom. The van der Waals surface area contributed by atoms with Gasteiger partial charge in [0.25, 0.3) is 0 Å². The van der Waals surface area contributed by atoms with Crippen LogP contribution in [0.1, 0.15) is 18.4 Å². The summed E-state index contributed by atoms with van der Waals surface area (Å²) in [6, 6.07) is 8.13. The summed E-state index contributed by atoms with van der Waals surface area (Å²) in [7, 11) is 0. The van der Waals surface area contributed by atoms with Crippen LogP contribution in [0.15, 0.2) is 24.3 Å². The minimum Gasteiger partial charge on any atom is -0.492 e. The van der Waals surface area contributed by atoms with Crippen molar-refractivity contribution in [2.45, 2.75) is 25.4 Å². The number of benzene rings is 1. The van der Waals surface area contributed by atoms with Gasteiger partial charge < -0.3 is 9.84 Å². The van der Waals surface area contributed by atoms with Crippen molar-refractivity contribution in [3.63, 3.8) is 0 Å². The number of hydrogen-bond donors (Lipinski definition) is 1. The van der Waals surface area contributed by atoms with Crippen LogP contribution in [0, 0.1) is 12.8 Å². The van der Waals surface area contributed by atoms with Gasteiger partial charge in [0, 0.05) is 19.6 Å². The Kier molecular flexibility index (Phi) is 3.04. The highest BCUT2D eigenvalue weighted by Gasteiger charge is 2.51. The Bertz CT molecular complexity index is 405. The summed E-state index contributed by atoms with van der Waals surface area (Å²) in [5.41, 5.74) is 0.878. The van der Waals surface area contributed by atoms with Crippen LogP contribution in [0.25, 0.3) is 0 Å². The van der Waals surface area contributed by atoms with Crippen molar-refractivity contribution >= 4 is 0 Å². The molecule has 98 valence electrons. The zero-order valence-corrected chi connectivity index (χ0v) is 10.9. The first-order valence-electron chi connectivity index (χ1n) is 6.80. The van der Waals surface area contributed by atoms with Gasteiger partial charge in [-0.25, -0.2) is 0 Å². The molecule has 1 aromatic carbocycles. The van der Waals surface area contributed by atoms with Gasteiger partial charge in [-0.3, -0.25) is 4.90 Å². The summed E-state index contributed by atoms with van der Waals surface area (Å²) < 4.78 is 5.69. The predicted octanol–water partition coefficient (Wildman–Crippen LogP) is 1.83. The summed E-state index contributed by atoms with van der Waals surface area (Å²) in [5.74, 6) is 1.50. The van der Waals surface area contributed by atoms with E-state index < -0.39 is 0 Å². The quantitative estimate of drug-likeness (QED) is 0.861. The molecule has 3 heteroatoms. The number of ether oxygens (including phenoxy) is 1. The van der Waals surface area contributed by atoms with Crippen molar-refractivity contribution in [3.05, 3.63) is 29.8 Å². The van der Waals surface area contributed by atoms with Gasteiger partial charge in [-0.05, 0) is 37.8 Å². The van der Waals surface area contributed by atoms with E-state index in [1.165, 1.54) is 18.4 Å². The van der Waals surface area contributed by atoms with Crippen molar-refractivity contribution in [3.8, 4) is 5.75 Å². The normalized spacial score (nSPS) is 22.6. The molecule has 1 aliphatic carbocycles. The van der Waals surface area contributed by atoms with E-state index in [0.717, 1.165) is 25.4 Å². The van der Waals surface area contributed by atoms with Crippen LogP contribution < -0.4 is 4.74 Å². The van der Waals surface area contributed by atoms with Gasteiger partial charge in [-0.15, -0.1) is 0 Å². The summed E-state index contributed by atoms with van der Waals surface area (Å²) in [6.45, 7) is 5.33. The lowest BCUT2D eigenvalue weighted by Crippen LogP contribution is -2.63. The van der Waals surface area contributed by atoms with E-state index >= 15 is 0 Å². The molecule has 3 nitrogen and oxygen atoms in total. The first-order chi connectivity index (χ1) is 8.66.